The first-order valence-corrected chi connectivity index (χ1v) is 11.4. The lowest BCUT2D eigenvalue weighted by atomic mass is 10.1. The molecule has 0 amide bonds. The van der Waals surface area contributed by atoms with Crippen molar-refractivity contribution in [2.24, 2.45) is 0 Å². The maximum absolute atomic E-state index is 13.8. The normalized spacial score (nSPS) is 12.2. The fourth-order valence-electron chi connectivity index (χ4n) is 3.34. The summed E-state index contributed by atoms with van der Waals surface area (Å²) in [4.78, 5) is -0.145. The lowest BCUT2D eigenvalue weighted by molar-refractivity contribution is 0.396. The Morgan fingerprint density at radius 1 is 0.875 bits per heavy atom. The molecule has 1 atom stereocenters. The summed E-state index contributed by atoms with van der Waals surface area (Å²) in [6, 6.07) is 14.3. The van der Waals surface area contributed by atoms with Crippen molar-refractivity contribution >= 4 is 27.3 Å². The van der Waals surface area contributed by atoms with E-state index in [0.717, 1.165) is 12.1 Å². The third kappa shape index (κ3) is 4.61. The van der Waals surface area contributed by atoms with Crippen molar-refractivity contribution in [1.82, 2.24) is 0 Å². The molecule has 0 spiro atoms. The number of ether oxygens (including phenoxy) is 3. The number of methoxy groups -OCH3 is 3. The van der Waals surface area contributed by atoms with Gasteiger partial charge in [-0.15, -0.1) is 0 Å². The molecule has 0 bridgehead atoms. The zero-order valence-corrected chi connectivity index (χ0v) is 19.6. The van der Waals surface area contributed by atoms with Crippen molar-refractivity contribution in [2.75, 3.05) is 25.6 Å². The fraction of sp³-hybridized carbons (Fsp3) is 0.217. The minimum atomic E-state index is -4.16. The van der Waals surface area contributed by atoms with Crippen LogP contribution in [0.15, 0.2) is 65.6 Å². The smallest absolute Gasteiger partial charge is 0.264 e. The second-order valence-electron chi connectivity index (χ2n) is 6.86. The first-order chi connectivity index (χ1) is 15.2. The van der Waals surface area contributed by atoms with E-state index in [4.69, 9.17) is 25.8 Å². The molecule has 0 aliphatic carbocycles. The second-order valence-corrected chi connectivity index (χ2v) is 9.08. The number of hydrogen-bond acceptors (Lipinski definition) is 5. The molecule has 0 saturated carbocycles. The molecule has 0 aliphatic heterocycles. The van der Waals surface area contributed by atoms with Crippen molar-refractivity contribution in [3.8, 4) is 17.2 Å². The molecule has 3 rings (SSSR count). The van der Waals surface area contributed by atoms with E-state index in [2.05, 4.69) is 0 Å². The number of hydrogen-bond donors (Lipinski definition) is 0. The molecular weight excluding hydrogens is 457 g/mol. The number of rotatable bonds is 8. The molecule has 32 heavy (non-hydrogen) atoms. The molecule has 0 unspecified atom stereocenters. The highest BCUT2D eigenvalue weighted by Gasteiger charge is 2.32. The summed E-state index contributed by atoms with van der Waals surface area (Å²) in [5.74, 6) is 0.903. The number of sulfonamides is 1. The van der Waals surface area contributed by atoms with E-state index in [1.165, 1.54) is 31.7 Å². The van der Waals surface area contributed by atoms with E-state index >= 15 is 0 Å². The molecule has 0 heterocycles. The van der Waals surface area contributed by atoms with Crippen LogP contribution in [-0.2, 0) is 10.0 Å². The highest BCUT2D eigenvalue weighted by atomic mass is 35.5. The Morgan fingerprint density at radius 2 is 1.50 bits per heavy atom. The van der Waals surface area contributed by atoms with E-state index in [-0.39, 0.29) is 9.92 Å². The van der Waals surface area contributed by atoms with Gasteiger partial charge in [0.15, 0.2) is 0 Å². The van der Waals surface area contributed by atoms with Gasteiger partial charge in [-0.3, -0.25) is 4.31 Å². The van der Waals surface area contributed by atoms with Crippen LogP contribution in [0.5, 0.6) is 17.2 Å². The third-order valence-corrected chi connectivity index (χ3v) is 7.20. The SMILES string of the molecule is COc1ccc(N([C@H](C)c2cc(OC)ccc2OC)S(=O)(=O)c2ccc(F)c(Cl)c2)cc1. The summed E-state index contributed by atoms with van der Waals surface area (Å²) in [6.45, 7) is 1.73. The Morgan fingerprint density at radius 3 is 2.06 bits per heavy atom. The highest BCUT2D eigenvalue weighted by molar-refractivity contribution is 7.92. The maximum Gasteiger partial charge on any atom is 0.264 e. The van der Waals surface area contributed by atoms with Gasteiger partial charge in [0, 0.05) is 5.56 Å². The Balaban J connectivity index is 2.22. The summed E-state index contributed by atoms with van der Waals surface area (Å²) in [5, 5.41) is -0.285. The predicted molar refractivity (Wildman–Crippen MR) is 122 cm³/mol. The highest BCUT2D eigenvalue weighted by Crippen LogP contribution is 2.39. The standard InChI is InChI=1S/C23H23ClFNO5S/c1-15(20-13-18(30-3)9-12-23(20)31-4)26(16-5-7-17(29-2)8-6-16)32(27,28)19-10-11-22(25)21(24)14-19/h5-15H,1-4H3/t15-/m1/s1. The van der Waals surface area contributed by atoms with Crippen LogP contribution in [-0.4, -0.2) is 29.7 Å². The first kappa shape index (κ1) is 23.7. The molecule has 3 aromatic rings. The van der Waals surface area contributed by atoms with Gasteiger partial charge < -0.3 is 14.2 Å². The van der Waals surface area contributed by atoms with Gasteiger partial charge in [-0.25, -0.2) is 12.8 Å². The minimum absolute atomic E-state index is 0.145. The van der Waals surface area contributed by atoms with Gasteiger partial charge in [-0.1, -0.05) is 11.6 Å². The molecule has 3 aromatic carbocycles. The van der Waals surface area contributed by atoms with Crippen molar-refractivity contribution in [3.05, 3.63) is 77.1 Å². The Kier molecular flexibility index (Phi) is 7.16. The second kappa shape index (κ2) is 9.67. The van der Waals surface area contributed by atoms with Gasteiger partial charge in [0.2, 0.25) is 0 Å². The summed E-state index contributed by atoms with van der Waals surface area (Å²) in [7, 11) is 0.388. The fourth-order valence-corrected chi connectivity index (χ4v) is 5.25. The number of benzene rings is 3. The summed E-state index contributed by atoms with van der Waals surface area (Å²) >= 11 is 5.88. The van der Waals surface area contributed by atoms with Gasteiger partial charge in [0.05, 0.1) is 43.0 Å². The lowest BCUT2D eigenvalue weighted by Crippen LogP contribution is -2.34. The maximum atomic E-state index is 13.8. The van der Waals surface area contributed by atoms with Crippen LogP contribution in [0.3, 0.4) is 0 Å². The molecule has 9 heteroatoms. The topological polar surface area (TPSA) is 65.1 Å². The Labute approximate surface area is 192 Å². The third-order valence-electron chi connectivity index (χ3n) is 5.01. The van der Waals surface area contributed by atoms with Crippen LogP contribution in [0.4, 0.5) is 10.1 Å². The monoisotopic (exact) mass is 479 g/mol. The van der Waals surface area contributed by atoms with Crippen LogP contribution < -0.4 is 18.5 Å². The van der Waals surface area contributed by atoms with Crippen molar-refractivity contribution in [3.63, 3.8) is 0 Å². The van der Waals surface area contributed by atoms with Crippen molar-refractivity contribution in [1.29, 1.82) is 0 Å². The lowest BCUT2D eigenvalue weighted by Gasteiger charge is -2.32. The van der Waals surface area contributed by atoms with E-state index in [1.807, 2.05) is 0 Å². The number of anilines is 1. The molecule has 0 aliphatic rings. The summed E-state index contributed by atoms with van der Waals surface area (Å²) in [6.07, 6.45) is 0. The van der Waals surface area contributed by atoms with Crippen LogP contribution >= 0.6 is 11.6 Å². The number of halogens is 2. The molecule has 6 nitrogen and oxygen atoms in total. The average Bonchev–Trinajstić information content (AvgIpc) is 2.80. The van der Waals surface area contributed by atoms with Gasteiger partial charge in [0.1, 0.15) is 23.1 Å². The zero-order chi connectivity index (χ0) is 23.5. The molecule has 0 saturated heterocycles. The van der Waals surface area contributed by atoms with Crippen molar-refractivity contribution < 1.29 is 27.0 Å². The van der Waals surface area contributed by atoms with Gasteiger partial charge in [-0.05, 0) is 67.6 Å². The van der Waals surface area contributed by atoms with Crippen LogP contribution in [0.25, 0.3) is 0 Å². The molecule has 170 valence electrons. The first-order valence-electron chi connectivity index (χ1n) is 9.58. The minimum Gasteiger partial charge on any atom is -0.497 e. The summed E-state index contributed by atoms with van der Waals surface area (Å²) in [5.41, 5.74) is 0.961. The van der Waals surface area contributed by atoms with Gasteiger partial charge >= 0.3 is 0 Å². The quantitative estimate of drug-likeness (QED) is 0.429. The predicted octanol–water partition coefficient (Wildman–Crippen LogP) is 5.46. The van der Waals surface area contributed by atoms with E-state index in [1.54, 1.807) is 49.4 Å². The average molecular weight is 480 g/mol. The Hall–Kier alpha value is -2.97. The molecule has 0 aromatic heterocycles. The van der Waals surface area contributed by atoms with Crippen LogP contribution in [0, 0.1) is 5.82 Å². The van der Waals surface area contributed by atoms with Gasteiger partial charge in [0.25, 0.3) is 10.0 Å². The molecule has 0 N–H and O–H groups in total. The van der Waals surface area contributed by atoms with Crippen LogP contribution in [0.1, 0.15) is 18.5 Å². The summed E-state index contributed by atoms with van der Waals surface area (Å²) < 4.78 is 58.5. The molecular formula is C23H23ClFNO5S. The van der Waals surface area contributed by atoms with Gasteiger partial charge in [-0.2, -0.15) is 0 Å². The van der Waals surface area contributed by atoms with E-state index in [0.29, 0.717) is 28.5 Å². The number of nitrogens with zero attached hydrogens (tertiary/aromatic N) is 1. The Bertz CT molecular complexity index is 1200. The largest absolute Gasteiger partial charge is 0.497 e. The van der Waals surface area contributed by atoms with Crippen LogP contribution in [0.2, 0.25) is 5.02 Å². The van der Waals surface area contributed by atoms with E-state index < -0.39 is 21.9 Å². The van der Waals surface area contributed by atoms with Crippen molar-refractivity contribution in [2.45, 2.75) is 17.9 Å². The zero-order valence-electron chi connectivity index (χ0n) is 18.0. The van der Waals surface area contributed by atoms with E-state index in [9.17, 15) is 12.8 Å². The molecule has 0 fully saturated rings. The molecule has 0 radical (unpaired) electrons.